The molecule has 0 aromatic heterocycles. The minimum Gasteiger partial charge on any atom is -0.273 e. The summed E-state index contributed by atoms with van der Waals surface area (Å²) in [4.78, 5) is 27.2. The summed E-state index contributed by atoms with van der Waals surface area (Å²) < 4.78 is 0. The molecule has 0 saturated carbocycles. The third-order valence-corrected chi connectivity index (χ3v) is 4.46. The van der Waals surface area contributed by atoms with Crippen LogP contribution in [-0.2, 0) is 9.59 Å². The quantitative estimate of drug-likeness (QED) is 0.596. The average molecular weight is 365 g/mol. The first-order chi connectivity index (χ1) is 11.0. The number of nitrogens with zero attached hydrogens (tertiary/aromatic N) is 2. The normalized spacial score (nSPS) is 15.3. The number of thiocarbonyl (C=S) groups is 1. The number of carbonyl (C=O) groups excluding carboxylic acids is 2. The highest BCUT2D eigenvalue weighted by molar-refractivity contribution is 7.81. The summed E-state index contributed by atoms with van der Waals surface area (Å²) in [5.41, 5.74) is 1.09. The molecular formula is C16H10Cl2N2O2S. The molecule has 7 heteroatoms. The van der Waals surface area contributed by atoms with Crippen molar-refractivity contribution >= 4 is 63.7 Å². The number of hydrogen-bond acceptors (Lipinski definition) is 3. The van der Waals surface area contributed by atoms with Gasteiger partial charge in [0.05, 0.1) is 21.4 Å². The van der Waals surface area contributed by atoms with Gasteiger partial charge < -0.3 is 0 Å². The lowest BCUT2D eigenvalue weighted by Gasteiger charge is -2.35. The zero-order valence-corrected chi connectivity index (χ0v) is 14.0. The molecule has 0 radical (unpaired) electrons. The van der Waals surface area contributed by atoms with Crippen molar-refractivity contribution in [3.63, 3.8) is 0 Å². The van der Waals surface area contributed by atoms with E-state index in [1.54, 1.807) is 42.5 Å². The van der Waals surface area contributed by atoms with Crippen LogP contribution in [0.15, 0.2) is 48.5 Å². The number of para-hydroxylation sites is 1. The summed E-state index contributed by atoms with van der Waals surface area (Å²) in [6.07, 6.45) is -0.269. The fourth-order valence-electron chi connectivity index (χ4n) is 2.31. The second kappa shape index (κ2) is 6.28. The van der Waals surface area contributed by atoms with Crippen molar-refractivity contribution in [3.05, 3.63) is 58.6 Å². The third kappa shape index (κ3) is 2.95. The first kappa shape index (κ1) is 15.9. The van der Waals surface area contributed by atoms with E-state index >= 15 is 0 Å². The second-order valence-corrected chi connectivity index (χ2v) is 6.03. The van der Waals surface area contributed by atoms with Gasteiger partial charge in [0.25, 0.3) is 0 Å². The second-order valence-electron chi connectivity index (χ2n) is 4.85. The van der Waals surface area contributed by atoms with E-state index in [4.69, 9.17) is 35.4 Å². The average Bonchev–Trinajstić information content (AvgIpc) is 2.51. The molecule has 3 rings (SSSR count). The molecule has 0 aliphatic carbocycles. The van der Waals surface area contributed by atoms with Gasteiger partial charge in [-0.25, -0.2) is 0 Å². The van der Waals surface area contributed by atoms with Crippen LogP contribution in [0.1, 0.15) is 6.42 Å². The lowest BCUT2D eigenvalue weighted by atomic mass is 10.2. The maximum atomic E-state index is 12.3. The lowest BCUT2D eigenvalue weighted by molar-refractivity contribution is -0.126. The van der Waals surface area contributed by atoms with E-state index in [1.165, 1.54) is 9.80 Å². The Labute approximate surface area is 148 Å². The minimum absolute atomic E-state index is 0.0934. The molecule has 1 heterocycles. The van der Waals surface area contributed by atoms with Crippen molar-refractivity contribution in [3.8, 4) is 0 Å². The molecule has 1 aliphatic heterocycles. The summed E-state index contributed by atoms with van der Waals surface area (Å²) >= 11 is 17.3. The van der Waals surface area contributed by atoms with Gasteiger partial charge in [-0.1, -0.05) is 41.4 Å². The van der Waals surface area contributed by atoms with Gasteiger partial charge in [-0.2, -0.15) is 0 Å². The Morgan fingerprint density at radius 3 is 2.04 bits per heavy atom. The van der Waals surface area contributed by atoms with Crippen LogP contribution >= 0.6 is 35.4 Å². The molecule has 2 amide bonds. The molecule has 2 aromatic rings. The molecule has 0 spiro atoms. The Hall–Kier alpha value is -1.95. The number of carbonyl (C=O) groups is 2. The van der Waals surface area contributed by atoms with Crippen molar-refractivity contribution < 1.29 is 9.59 Å². The number of halogens is 2. The van der Waals surface area contributed by atoms with E-state index < -0.39 is 5.91 Å². The molecule has 4 nitrogen and oxygen atoms in total. The molecule has 0 bridgehead atoms. The Morgan fingerprint density at radius 1 is 0.826 bits per heavy atom. The summed E-state index contributed by atoms with van der Waals surface area (Å²) in [5.74, 6) is -0.756. The van der Waals surface area contributed by atoms with Gasteiger partial charge in [-0.3, -0.25) is 19.4 Å². The van der Waals surface area contributed by atoms with E-state index in [1.807, 2.05) is 6.07 Å². The SMILES string of the molecule is O=C1CC(=O)N(c2ccc(Cl)c(Cl)c2)C(=S)N1c1ccccc1. The molecular weight excluding hydrogens is 355 g/mol. The molecule has 0 unspecified atom stereocenters. The third-order valence-electron chi connectivity index (χ3n) is 3.36. The molecule has 1 fully saturated rings. The molecule has 1 aliphatic rings. The van der Waals surface area contributed by atoms with E-state index in [-0.39, 0.29) is 17.4 Å². The Balaban J connectivity index is 2.03. The van der Waals surface area contributed by atoms with Gasteiger partial charge in [-0.15, -0.1) is 0 Å². The van der Waals surface area contributed by atoms with Crippen LogP contribution in [-0.4, -0.2) is 16.9 Å². The number of rotatable bonds is 2. The number of amides is 2. The number of benzene rings is 2. The first-order valence-electron chi connectivity index (χ1n) is 6.69. The molecule has 1 saturated heterocycles. The fourth-order valence-corrected chi connectivity index (χ4v) is 3.02. The minimum atomic E-state index is -0.398. The predicted octanol–water partition coefficient (Wildman–Crippen LogP) is 4.05. The fraction of sp³-hybridized carbons (Fsp3) is 0.0625. The highest BCUT2D eigenvalue weighted by Gasteiger charge is 2.36. The number of hydrogen-bond donors (Lipinski definition) is 0. The van der Waals surface area contributed by atoms with E-state index in [9.17, 15) is 9.59 Å². The van der Waals surface area contributed by atoms with Gasteiger partial charge in [-0.05, 0) is 42.5 Å². The monoisotopic (exact) mass is 364 g/mol. The Kier molecular flexibility index (Phi) is 4.35. The van der Waals surface area contributed by atoms with E-state index in [0.717, 1.165) is 0 Å². The van der Waals surface area contributed by atoms with Crippen LogP contribution in [0.5, 0.6) is 0 Å². The van der Waals surface area contributed by atoms with Gasteiger partial charge in [0.1, 0.15) is 6.42 Å². The van der Waals surface area contributed by atoms with E-state index in [2.05, 4.69) is 0 Å². The smallest absolute Gasteiger partial charge is 0.242 e. The highest BCUT2D eigenvalue weighted by atomic mass is 35.5. The van der Waals surface area contributed by atoms with Crippen LogP contribution in [0.4, 0.5) is 11.4 Å². The van der Waals surface area contributed by atoms with Gasteiger partial charge in [0.2, 0.25) is 11.8 Å². The summed E-state index contributed by atoms with van der Waals surface area (Å²) in [7, 11) is 0. The largest absolute Gasteiger partial charge is 0.273 e. The summed E-state index contributed by atoms with van der Waals surface area (Å²) in [6.45, 7) is 0. The van der Waals surface area contributed by atoms with Crippen LogP contribution in [0.2, 0.25) is 10.0 Å². The Morgan fingerprint density at radius 2 is 1.43 bits per heavy atom. The molecule has 0 N–H and O–H groups in total. The van der Waals surface area contributed by atoms with Crippen molar-refractivity contribution in [2.75, 3.05) is 9.80 Å². The lowest BCUT2D eigenvalue weighted by Crippen LogP contribution is -2.55. The van der Waals surface area contributed by atoms with Gasteiger partial charge in [0, 0.05) is 0 Å². The number of anilines is 2. The molecule has 0 atom stereocenters. The molecule has 116 valence electrons. The van der Waals surface area contributed by atoms with Crippen molar-refractivity contribution in [1.29, 1.82) is 0 Å². The van der Waals surface area contributed by atoms with Gasteiger partial charge >= 0.3 is 0 Å². The van der Waals surface area contributed by atoms with Crippen LogP contribution < -0.4 is 9.80 Å². The maximum Gasteiger partial charge on any atom is 0.242 e. The van der Waals surface area contributed by atoms with Gasteiger partial charge in [0.15, 0.2) is 5.11 Å². The highest BCUT2D eigenvalue weighted by Crippen LogP contribution is 2.31. The zero-order valence-electron chi connectivity index (χ0n) is 11.7. The first-order valence-corrected chi connectivity index (χ1v) is 7.85. The zero-order chi connectivity index (χ0) is 16.6. The predicted molar refractivity (Wildman–Crippen MR) is 95.1 cm³/mol. The maximum absolute atomic E-state index is 12.3. The van der Waals surface area contributed by atoms with E-state index in [0.29, 0.717) is 21.4 Å². The van der Waals surface area contributed by atoms with Crippen LogP contribution in [0, 0.1) is 0 Å². The standard InChI is InChI=1S/C16H10Cl2N2O2S/c17-12-7-6-11(8-13(12)18)20-15(22)9-14(21)19(16(20)23)10-4-2-1-3-5-10/h1-8H,9H2. The molecule has 23 heavy (non-hydrogen) atoms. The van der Waals surface area contributed by atoms with Crippen molar-refractivity contribution in [2.24, 2.45) is 0 Å². The van der Waals surface area contributed by atoms with Crippen molar-refractivity contribution in [1.82, 2.24) is 0 Å². The topological polar surface area (TPSA) is 40.6 Å². The molecule has 2 aromatic carbocycles. The van der Waals surface area contributed by atoms with Crippen LogP contribution in [0.25, 0.3) is 0 Å². The van der Waals surface area contributed by atoms with Crippen LogP contribution in [0.3, 0.4) is 0 Å². The summed E-state index contributed by atoms with van der Waals surface area (Å²) in [5, 5.41) is 0.778. The summed E-state index contributed by atoms with van der Waals surface area (Å²) in [6, 6.07) is 13.7. The van der Waals surface area contributed by atoms with Crippen molar-refractivity contribution in [2.45, 2.75) is 6.42 Å². The Bertz CT molecular complexity index is 811.